The fourth-order valence-corrected chi connectivity index (χ4v) is 3.05. The third-order valence-electron chi connectivity index (χ3n) is 3.42. The van der Waals surface area contributed by atoms with Crippen LogP contribution in [0.1, 0.15) is 34.7 Å². The quantitative estimate of drug-likeness (QED) is 0.813. The van der Waals surface area contributed by atoms with Crippen molar-refractivity contribution in [2.24, 2.45) is 0 Å². The minimum atomic E-state index is 0.0867. The van der Waals surface area contributed by atoms with Crippen molar-refractivity contribution in [1.29, 1.82) is 0 Å². The maximum absolute atomic E-state index is 12.2. The summed E-state index contributed by atoms with van der Waals surface area (Å²) in [6, 6.07) is 5.66. The Balaban J connectivity index is 1.59. The number of pyridine rings is 1. The second kappa shape index (κ2) is 6.30. The van der Waals surface area contributed by atoms with Crippen LogP contribution in [0.2, 0.25) is 0 Å². The van der Waals surface area contributed by atoms with Crippen LogP contribution in [-0.4, -0.2) is 34.0 Å². The summed E-state index contributed by atoms with van der Waals surface area (Å²) in [5.41, 5.74) is 1.56. The topological polar surface area (TPSA) is 59.2 Å². The van der Waals surface area contributed by atoms with Gasteiger partial charge in [0.2, 0.25) is 0 Å². The van der Waals surface area contributed by atoms with Crippen molar-refractivity contribution >= 4 is 17.7 Å². The van der Waals surface area contributed by atoms with E-state index in [1.165, 1.54) is 0 Å². The van der Waals surface area contributed by atoms with Gasteiger partial charge < -0.3 is 9.42 Å². The lowest BCUT2D eigenvalue weighted by Crippen LogP contribution is -2.27. The van der Waals surface area contributed by atoms with Crippen molar-refractivity contribution in [3.8, 4) is 0 Å². The molecule has 1 aliphatic rings. The summed E-state index contributed by atoms with van der Waals surface area (Å²) < 4.78 is 5.03. The third kappa shape index (κ3) is 3.44. The summed E-state index contributed by atoms with van der Waals surface area (Å²) in [7, 11) is 0. The molecule has 3 rings (SSSR count). The second-order valence-electron chi connectivity index (χ2n) is 5.10. The van der Waals surface area contributed by atoms with Gasteiger partial charge in [-0.15, -0.1) is 0 Å². The van der Waals surface area contributed by atoms with Crippen LogP contribution in [0.25, 0.3) is 0 Å². The molecule has 0 aromatic carbocycles. The van der Waals surface area contributed by atoms with Crippen LogP contribution >= 0.6 is 11.8 Å². The molecule has 21 heavy (non-hydrogen) atoms. The van der Waals surface area contributed by atoms with Gasteiger partial charge in [-0.05, 0) is 31.9 Å². The summed E-state index contributed by atoms with van der Waals surface area (Å²) in [4.78, 5) is 18.4. The Bertz CT molecular complexity index is 618. The molecule has 1 amide bonds. The highest BCUT2D eigenvalue weighted by molar-refractivity contribution is 7.98. The molecule has 0 saturated carbocycles. The summed E-state index contributed by atoms with van der Waals surface area (Å²) >= 11 is 1.58. The number of carbonyl (C=O) groups is 1. The van der Waals surface area contributed by atoms with E-state index in [4.69, 9.17) is 4.52 Å². The van der Waals surface area contributed by atoms with Gasteiger partial charge in [0, 0.05) is 31.1 Å². The Morgan fingerprint density at radius 2 is 2.19 bits per heavy atom. The zero-order chi connectivity index (χ0) is 14.7. The first-order chi connectivity index (χ1) is 10.2. The molecule has 1 fully saturated rings. The van der Waals surface area contributed by atoms with E-state index in [2.05, 4.69) is 10.1 Å². The van der Waals surface area contributed by atoms with Crippen LogP contribution in [0.15, 0.2) is 33.9 Å². The first kappa shape index (κ1) is 14.1. The molecule has 0 aliphatic carbocycles. The number of aryl methyl sites for hydroxylation is 1. The Morgan fingerprint density at radius 3 is 2.81 bits per heavy atom. The van der Waals surface area contributed by atoms with Crippen molar-refractivity contribution < 1.29 is 9.32 Å². The zero-order valence-corrected chi connectivity index (χ0v) is 12.7. The van der Waals surface area contributed by atoms with E-state index in [0.29, 0.717) is 11.3 Å². The maximum atomic E-state index is 12.2. The van der Waals surface area contributed by atoms with Crippen LogP contribution in [0.5, 0.6) is 0 Å². The highest BCUT2D eigenvalue weighted by Gasteiger charge is 2.19. The first-order valence-electron chi connectivity index (χ1n) is 7.03. The van der Waals surface area contributed by atoms with E-state index in [1.807, 2.05) is 30.0 Å². The van der Waals surface area contributed by atoms with Gasteiger partial charge in [0.25, 0.3) is 5.91 Å². The van der Waals surface area contributed by atoms with Crippen molar-refractivity contribution in [2.75, 3.05) is 13.1 Å². The number of thioether (sulfide) groups is 1. The van der Waals surface area contributed by atoms with Gasteiger partial charge in [0.15, 0.2) is 0 Å². The lowest BCUT2D eigenvalue weighted by molar-refractivity contribution is 0.0792. The fourth-order valence-electron chi connectivity index (χ4n) is 2.33. The lowest BCUT2D eigenvalue weighted by Gasteiger charge is -2.14. The molecule has 0 bridgehead atoms. The number of aromatic nitrogens is 2. The van der Waals surface area contributed by atoms with Crippen molar-refractivity contribution in [3.63, 3.8) is 0 Å². The molecule has 110 valence electrons. The number of amides is 1. The van der Waals surface area contributed by atoms with Gasteiger partial charge in [-0.25, -0.2) is 4.98 Å². The standard InChI is InChI=1S/C15H17N3O2S/c1-11-8-13(17-20-11)10-21-14-5-4-12(9-16-14)15(19)18-6-2-3-7-18/h4-5,8-9H,2-3,6-7,10H2,1H3. The van der Waals surface area contributed by atoms with Gasteiger partial charge in [-0.2, -0.15) is 0 Å². The van der Waals surface area contributed by atoms with Gasteiger partial charge in [-0.1, -0.05) is 16.9 Å². The number of likely N-dealkylation sites (tertiary alicyclic amines) is 1. The minimum absolute atomic E-state index is 0.0867. The minimum Gasteiger partial charge on any atom is -0.361 e. The molecule has 0 radical (unpaired) electrons. The predicted octanol–water partition coefficient (Wildman–Crippen LogP) is 2.91. The zero-order valence-electron chi connectivity index (χ0n) is 11.9. The van der Waals surface area contributed by atoms with Crippen LogP contribution < -0.4 is 0 Å². The number of hydrogen-bond acceptors (Lipinski definition) is 5. The number of hydrogen-bond donors (Lipinski definition) is 0. The van der Waals surface area contributed by atoms with Gasteiger partial charge in [0.1, 0.15) is 5.76 Å². The average Bonchev–Trinajstić information content (AvgIpc) is 3.16. The van der Waals surface area contributed by atoms with E-state index in [-0.39, 0.29) is 5.91 Å². The molecule has 0 spiro atoms. The molecular formula is C15H17N3O2S. The van der Waals surface area contributed by atoms with Crippen LogP contribution in [0.3, 0.4) is 0 Å². The molecule has 0 N–H and O–H groups in total. The molecule has 5 nitrogen and oxygen atoms in total. The van der Waals surface area contributed by atoms with Gasteiger partial charge in [-0.3, -0.25) is 4.79 Å². The smallest absolute Gasteiger partial charge is 0.255 e. The van der Waals surface area contributed by atoms with Crippen molar-refractivity contribution in [3.05, 3.63) is 41.4 Å². The van der Waals surface area contributed by atoms with E-state index < -0.39 is 0 Å². The van der Waals surface area contributed by atoms with E-state index in [0.717, 1.165) is 42.4 Å². The summed E-state index contributed by atoms with van der Waals surface area (Å²) in [6.07, 6.45) is 3.87. The van der Waals surface area contributed by atoms with Crippen molar-refractivity contribution in [2.45, 2.75) is 30.5 Å². The van der Waals surface area contributed by atoms with Gasteiger partial charge >= 0.3 is 0 Å². The lowest BCUT2D eigenvalue weighted by atomic mass is 10.2. The second-order valence-corrected chi connectivity index (χ2v) is 6.10. The largest absolute Gasteiger partial charge is 0.361 e. The number of rotatable bonds is 4. The van der Waals surface area contributed by atoms with Crippen molar-refractivity contribution in [1.82, 2.24) is 15.0 Å². The summed E-state index contributed by atoms with van der Waals surface area (Å²) in [5, 5.41) is 4.83. The van der Waals surface area contributed by atoms with Crippen LogP contribution in [-0.2, 0) is 5.75 Å². The fraction of sp³-hybridized carbons (Fsp3) is 0.400. The Kier molecular flexibility index (Phi) is 4.24. The Labute approximate surface area is 127 Å². The maximum Gasteiger partial charge on any atom is 0.255 e. The highest BCUT2D eigenvalue weighted by Crippen LogP contribution is 2.21. The molecule has 3 heterocycles. The Hall–Kier alpha value is -1.82. The van der Waals surface area contributed by atoms with E-state index in [1.54, 1.807) is 18.0 Å². The molecular weight excluding hydrogens is 286 g/mol. The number of carbonyl (C=O) groups excluding carboxylic acids is 1. The van der Waals surface area contributed by atoms with Gasteiger partial charge in [0.05, 0.1) is 16.3 Å². The molecule has 1 saturated heterocycles. The molecule has 2 aromatic heterocycles. The molecule has 6 heteroatoms. The molecule has 1 aliphatic heterocycles. The highest BCUT2D eigenvalue weighted by atomic mass is 32.2. The average molecular weight is 303 g/mol. The SMILES string of the molecule is Cc1cc(CSc2ccc(C(=O)N3CCCC3)cn2)no1. The molecule has 0 unspecified atom stereocenters. The molecule has 0 atom stereocenters. The first-order valence-corrected chi connectivity index (χ1v) is 8.01. The molecule has 2 aromatic rings. The van der Waals surface area contributed by atoms with E-state index >= 15 is 0 Å². The predicted molar refractivity (Wildman–Crippen MR) is 80.2 cm³/mol. The monoisotopic (exact) mass is 303 g/mol. The third-order valence-corrected chi connectivity index (χ3v) is 4.40. The Morgan fingerprint density at radius 1 is 1.38 bits per heavy atom. The normalized spacial score (nSPS) is 14.6. The van der Waals surface area contributed by atoms with Crippen LogP contribution in [0.4, 0.5) is 0 Å². The van der Waals surface area contributed by atoms with E-state index in [9.17, 15) is 4.79 Å². The number of nitrogens with zero attached hydrogens (tertiary/aromatic N) is 3. The van der Waals surface area contributed by atoms with Crippen LogP contribution in [0, 0.1) is 6.92 Å². The summed E-state index contributed by atoms with van der Waals surface area (Å²) in [5.74, 6) is 1.61. The summed E-state index contributed by atoms with van der Waals surface area (Å²) in [6.45, 7) is 3.60.